The average Bonchev–Trinajstić information content (AvgIpc) is 3.01. The van der Waals surface area contributed by atoms with Crippen LogP contribution in [-0.2, 0) is 16.1 Å². The molecule has 4 rings (SSSR count). The molecule has 1 saturated heterocycles. The van der Waals surface area contributed by atoms with Gasteiger partial charge in [0.2, 0.25) is 0 Å². The van der Waals surface area contributed by atoms with Gasteiger partial charge in [0.25, 0.3) is 0 Å². The lowest BCUT2D eigenvalue weighted by Crippen LogP contribution is -2.35. The van der Waals surface area contributed by atoms with Crippen molar-refractivity contribution in [2.24, 2.45) is 11.1 Å². The van der Waals surface area contributed by atoms with Crippen LogP contribution in [0.2, 0.25) is 0 Å². The molecule has 29 heavy (non-hydrogen) atoms. The molecule has 0 radical (unpaired) electrons. The molecule has 2 aromatic carbocycles. The number of halogens is 3. The van der Waals surface area contributed by atoms with Gasteiger partial charge in [-0.15, -0.1) is 0 Å². The van der Waals surface area contributed by atoms with Crippen LogP contribution >= 0.6 is 0 Å². The summed E-state index contributed by atoms with van der Waals surface area (Å²) >= 11 is 0. The predicted octanol–water partition coefficient (Wildman–Crippen LogP) is 3.97. The van der Waals surface area contributed by atoms with Crippen LogP contribution in [0.4, 0.5) is 13.2 Å². The van der Waals surface area contributed by atoms with Crippen molar-refractivity contribution in [3.63, 3.8) is 0 Å². The van der Waals surface area contributed by atoms with E-state index in [9.17, 15) is 18.0 Å². The number of hydrogen-bond donors (Lipinski definition) is 0. The smallest absolute Gasteiger partial charge is 0.148 e. The lowest BCUT2D eigenvalue weighted by Gasteiger charge is -2.23. The van der Waals surface area contributed by atoms with Crippen molar-refractivity contribution in [3.8, 4) is 0 Å². The van der Waals surface area contributed by atoms with Gasteiger partial charge in [-0.3, -0.25) is 4.79 Å². The van der Waals surface area contributed by atoms with Crippen LogP contribution in [0.3, 0.4) is 0 Å². The van der Waals surface area contributed by atoms with Crippen LogP contribution in [0.1, 0.15) is 29.0 Å². The summed E-state index contributed by atoms with van der Waals surface area (Å²) in [7, 11) is 0. The molecule has 152 valence electrons. The summed E-state index contributed by atoms with van der Waals surface area (Å²) in [5.41, 5.74) is 1.19. The van der Waals surface area contributed by atoms with Crippen LogP contribution in [0.5, 0.6) is 0 Å². The number of fused-ring (bicyclic) bond motifs is 1. The number of benzene rings is 2. The van der Waals surface area contributed by atoms with Gasteiger partial charge in [-0.25, -0.2) is 13.2 Å². The molecule has 2 aromatic rings. The first kappa shape index (κ1) is 19.5. The number of carbonyl (C=O) groups excluding carboxylic acids is 1. The first-order valence-corrected chi connectivity index (χ1v) is 9.59. The highest BCUT2D eigenvalue weighted by molar-refractivity contribution is 5.93. The molecule has 2 aliphatic heterocycles. The van der Waals surface area contributed by atoms with Gasteiger partial charge in [0.1, 0.15) is 35.7 Å². The van der Waals surface area contributed by atoms with E-state index in [1.165, 1.54) is 24.3 Å². The number of aryl methyl sites for hydroxylation is 1. The van der Waals surface area contributed by atoms with Crippen molar-refractivity contribution >= 4 is 11.6 Å². The summed E-state index contributed by atoms with van der Waals surface area (Å²) in [5.74, 6) is -2.13. The Bertz CT molecular complexity index is 936. The van der Waals surface area contributed by atoms with Gasteiger partial charge >= 0.3 is 0 Å². The average molecular weight is 402 g/mol. The van der Waals surface area contributed by atoms with E-state index >= 15 is 0 Å². The highest BCUT2D eigenvalue weighted by Crippen LogP contribution is 2.40. The number of carbonyl (C=O) groups is 1. The third-order valence-electron chi connectivity index (χ3n) is 5.53. The molecular formula is C22H21F3N2O2. The van der Waals surface area contributed by atoms with Crippen molar-refractivity contribution in [3.05, 3.63) is 70.5 Å². The van der Waals surface area contributed by atoms with Gasteiger partial charge in [0, 0.05) is 36.8 Å². The van der Waals surface area contributed by atoms with Crippen molar-refractivity contribution < 1.29 is 22.8 Å². The minimum atomic E-state index is -0.607. The van der Waals surface area contributed by atoms with E-state index in [0.717, 1.165) is 0 Å². The third kappa shape index (κ3) is 3.99. The minimum absolute atomic E-state index is 0.00715. The fraction of sp³-hybridized carbons (Fsp3) is 0.364. The molecule has 2 aliphatic rings. The number of amidine groups is 1. The normalized spacial score (nSPS) is 20.8. The summed E-state index contributed by atoms with van der Waals surface area (Å²) < 4.78 is 42.5. The summed E-state index contributed by atoms with van der Waals surface area (Å²) in [4.78, 5) is 19.9. The molecule has 0 saturated carbocycles. The third-order valence-corrected chi connectivity index (χ3v) is 5.53. The second kappa shape index (κ2) is 7.89. The number of Topliss-reactive ketones (excluding diaryl/α,β-unsaturated/α-hetero) is 1. The Morgan fingerprint density at radius 2 is 1.86 bits per heavy atom. The van der Waals surface area contributed by atoms with Crippen molar-refractivity contribution in [1.29, 1.82) is 0 Å². The monoisotopic (exact) mass is 402 g/mol. The molecule has 0 N–H and O–H groups in total. The van der Waals surface area contributed by atoms with Crippen molar-refractivity contribution in [1.82, 2.24) is 4.90 Å². The molecule has 0 spiro atoms. The Hall–Kier alpha value is -2.83. The maximum Gasteiger partial charge on any atom is 0.148 e. The van der Waals surface area contributed by atoms with E-state index in [1.54, 1.807) is 19.1 Å². The fourth-order valence-electron chi connectivity index (χ4n) is 4.21. The van der Waals surface area contributed by atoms with E-state index in [-0.39, 0.29) is 30.0 Å². The van der Waals surface area contributed by atoms with Gasteiger partial charge in [-0.2, -0.15) is 0 Å². The van der Waals surface area contributed by atoms with Gasteiger partial charge in [0.15, 0.2) is 0 Å². The van der Waals surface area contributed by atoms with E-state index < -0.39 is 23.5 Å². The number of oxime groups is 1. The molecule has 2 atom stereocenters. The lowest BCUT2D eigenvalue weighted by atomic mass is 9.83. The van der Waals surface area contributed by atoms with Gasteiger partial charge in [-0.1, -0.05) is 17.3 Å². The highest BCUT2D eigenvalue weighted by atomic mass is 19.1. The topological polar surface area (TPSA) is 41.9 Å². The van der Waals surface area contributed by atoms with E-state index in [4.69, 9.17) is 4.84 Å². The number of hydrogen-bond acceptors (Lipinski definition) is 4. The van der Waals surface area contributed by atoms with Crippen LogP contribution in [0.25, 0.3) is 0 Å². The Morgan fingerprint density at radius 3 is 2.55 bits per heavy atom. The molecule has 0 aliphatic carbocycles. The molecule has 0 bridgehead atoms. The van der Waals surface area contributed by atoms with Crippen molar-refractivity contribution in [2.75, 3.05) is 19.7 Å². The number of nitrogens with zero attached hydrogens (tertiary/aromatic N) is 2. The molecule has 2 heterocycles. The van der Waals surface area contributed by atoms with E-state index in [1.807, 2.05) is 4.90 Å². The summed E-state index contributed by atoms with van der Waals surface area (Å²) in [6, 6.07) is 8.35. The van der Waals surface area contributed by atoms with Gasteiger partial charge < -0.3 is 9.74 Å². The largest absolute Gasteiger partial charge is 0.392 e. The molecule has 0 amide bonds. The Balaban J connectivity index is 1.61. The zero-order chi connectivity index (χ0) is 20.5. The summed E-state index contributed by atoms with van der Waals surface area (Å²) in [5, 5.41) is 4.09. The standard InChI is InChI=1S/C22H21F3N2O2/c1-13-8-19(24)21(20(25)9-13)18-12-27-6-7-29-26-22(27)17(18)11-16(28)10-14-2-4-15(23)5-3-14/h2-5,8-9,17-18H,6-7,10-12H2,1H3/t17-,18+/m0/s1. The Kier molecular flexibility index (Phi) is 5.30. The molecule has 0 unspecified atom stereocenters. The van der Waals surface area contributed by atoms with Crippen molar-refractivity contribution in [2.45, 2.75) is 25.7 Å². The summed E-state index contributed by atoms with van der Waals surface area (Å²) in [6.45, 7) is 2.97. The lowest BCUT2D eigenvalue weighted by molar-refractivity contribution is -0.119. The second-order valence-corrected chi connectivity index (χ2v) is 7.63. The number of ketones is 1. The quantitative estimate of drug-likeness (QED) is 0.760. The predicted molar refractivity (Wildman–Crippen MR) is 102 cm³/mol. The zero-order valence-corrected chi connectivity index (χ0v) is 16.0. The summed E-state index contributed by atoms with van der Waals surface area (Å²) in [6.07, 6.45) is 0.198. The fourth-order valence-corrected chi connectivity index (χ4v) is 4.21. The SMILES string of the molecule is Cc1cc(F)c([C@@H]2CN3CCON=C3[C@H]2CC(=O)Cc2ccc(F)cc2)c(F)c1. The molecule has 1 fully saturated rings. The van der Waals surface area contributed by atoms with E-state index in [0.29, 0.717) is 36.7 Å². The Labute approximate surface area is 167 Å². The number of rotatable bonds is 5. The Morgan fingerprint density at radius 1 is 1.17 bits per heavy atom. The van der Waals surface area contributed by atoms with Crippen LogP contribution in [0.15, 0.2) is 41.6 Å². The minimum Gasteiger partial charge on any atom is -0.392 e. The highest BCUT2D eigenvalue weighted by Gasteiger charge is 2.44. The maximum atomic E-state index is 14.7. The molecule has 0 aromatic heterocycles. The maximum absolute atomic E-state index is 14.7. The van der Waals surface area contributed by atoms with E-state index in [2.05, 4.69) is 5.16 Å². The zero-order valence-electron chi connectivity index (χ0n) is 16.0. The van der Waals surface area contributed by atoms with Crippen LogP contribution in [0, 0.1) is 30.3 Å². The van der Waals surface area contributed by atoms with Crippen LogP contribution in [-0.4, -0.2) is 36.2 Å². The first-order chi connectivity index (χ1) is 13.9. The molecular weight excluding hydrogens is 381 g/mol. The first-order valence-electron chi connectivity index (χ1n) is 9.59. The second-order valence-electron chi connectivity index (χ2n) is 7.63. The van der Waals surface area contributed by atoms with Crippen LogP contribution < -0.4 is 0 Å². The molecule has 7 heteroatoms. The van der Waals surface area contributed by atoms with Gasteiger partial charge in [0.05, 0.1) is 6.54 Å². The van der Waals surface area contributed by atoms with Gasteiger partial charge in [-0.05, 0) is 42.3 Å². The molecule has 4 nitrogen and oxygen atoms in total.